The van der Waals surface area contributed by atoms with Gasteiger partial charge in [0.05, 0.1) is 0 Å². The number of carbonyl (C=O) groups excluding carboxylic acids is 2. The molecule has 43 heavy (non-hydrogen) atoms. The molecule has 0 amide bonds. The van der Waals surface area contributed by atoms with E-state index in [9.17, 15) is 9.59 Å². The van der Waals surface area contributed by atoms with Gasteiger partial charge in [-0.3, -0.25) is 9.59 Å². The minimum absolute atomic E-state index is 0.00421. The van der Waals surface area contributed by atoms with Crippen molar-refractivity contribution < 1.29 is 9.59 Å². The van der Waals surface area contributed by atoms with Gasteiger partial charge in [0.15, 0.2) is 0 Å². The highest BCUT2D eigenvalue weighted by atomic mass is 16.1. The Bertz CT molecular complexity index is 1220. The third-order valence-corrected chi connectivity index (χ3v) is 16.4. The lowest BCUT2D eigenvalue weighted by molar-refractivity contribution is -0.134. The van der Waals surface area contributed by atoms with E-state index in [-0.39, 0.29) is 10.8 Å². The Balaban J connectivity index is 0.000000140. The van der Waals surface area contributed by atoms with Crippen molar-refractivity contribution in [2.45, 2.75) is 145 Å². The highest BCUT2D eigenvalue weighted by Gasteiger charge is 2.61. The summed E-state index contributed by atoms with van der Waals surface area (Å²) in [5, 5.41) is 0. The van der Waals surface area contributed by atoms with Crippen LogP contribution >= 0.6 is 0 Å². The van der Waals surface area contributed by atoms with Crippen molar-refractivity contribution in [3.05, 3.63) is 23.3 Å². The molecule has 2 nitrogen and oxygen atoms in total. The van der Waals surface area contributed by atoms with E-state index in [1.165, 1.54) is 70.6 Å². The van der Waals surface area contributed by atoms with Crippen molar-refractivity contribution in [1.29, 1.82) is 0 Å². The lowest BCUT2D eigenvalue weighted by Crippen LogP contribution is -2.50. The normalized spacial score (nSPS) is 53.5. The van der Waals surface area contributed by atoms with Crippen LogP contribution in [0.5, 0.6) is 0 Å². The largest absolute Gasteiger partial charge is 0.299 e. The van der Waals surface area contributed by atoms with Gasteiger partial charge in [0.25, 0.3) is 0 Å². The Morgan fingerprint density at radius 1 is 0.581 bits per heavy atom. The van der Waals surface area contributed by atoms with E-state index in [0.717, 1.165) is 61.2 Å². The summed E-state index contributed by atoms with van der Waals surface area (Å²) < 4.78 is 0. The highest BCUT2D eigenvalue weighted by Crippen LogP contribution is 2.66. The van der Waals surface area contributed by atoms with E-state index >= 15 is 0 Å². The lowest BCUT2D eigenvalue weighted by atomic mass is 9.47. The van der Waals surface area contributed by atoms with Crippen LogP contribution in [0.3, 0.4) is 0 Å². The third kappa shape index (κ3) is 4.43. The second-order valence-electron chi connectivity index (χ2n) is 18.6. The minimum Gasteiger partial charge on any atom is -0.299 e. The SMILES string of the molecule is C[C@H]1CC[C@@]2(C)C(=CC[C@@H]3[C@@H]2CC[C@]2(C)C(=O)CC[C@@H]32)C1.C[C@H]1CC[C@@]2(C)C(=CC[C@@H]3[C@@H]2CC[C@]2(C)C(=O)[C@H](C)C[C@@H]32)C1. The van der Waals surface area contributed by atoms with Crippen LogP contribution in [0.25, 0.3) is 0 Å². The molecule has 0 aliphatic heterocycles. The van der Waals surface area contributed by atoms with Gasteiger partial charge < -0.3 is 0 Å². The van der Waals surface area contributed by atoms with Gasteiger partial charge in [-0.2, -0.15) is 0 Å². The van der Waals surface area contributed by atoms with Gasteiger partial charge in [-0.25, -0.2) is 0 Å². The molecule has 13 atom stereocenters. The zero-order chi connectivity index (χ0) is 30.5. The van der Waals surface area contributed by atoms with Gasteiger partial charge in [0.1, 0.15) is 11.6 Å². The minimum atomic E-state index is 0.00421. The van der Waals surface area contributed by atoms with Crippen LogP contribution in [0.1, 0.15) is 145 Å². The first kappa shape index (κ1) is 30.5. The van der Waals surface area contributed by atoms with Gasteiger partial charge in [-0.05, 0) is 148 Å². The highest BCUT2D eigenvalue weighted by molar-refractivity contribution is 5.89. The van der Waals surface area contributed by atoms with Crippen molar-refractivity contribution in [3.63, 3.8) is 0 Å². The Hall–Kier alpha value is -1.18. The summed E-state index contributed by atoms with van der Waals surface area (Å²) >= 11 is 0. The zero-order valence-corrected chi connectivity index (χ0v) is 28.8. The van der Waals surface area contributed by atoms with Crippen LogP contribution in [0.4, 0.5) is 0 Å². The summed E-state index contributed by atoms with van der Waals surface area (Å²) in [6.45, 7) is 16.7. The van der Waals surface area contributed by atoms with E-state index < -0.39 is 0 Å². The monoisotopic (exact) mass is 586 g/mol. The molecule has 8 aliphatic rings. The molecule has 0 unspecified atom stereocenters. The van der Waals surface area contributed by atoms with Crippen molar-refractivity contribution in [2.75, 3.05) is 0 Å². The Morgan fingerprint density at radius 3 is 1.60 bits per heavy atom. The van der Waals surface area contributed by atoms with Crippen LogP contribution in [-0.2, 0) is 9.59 Å². The van der Waals surface area contributed by atoms with E-state index in [1.54, 1.807) is 11.1 Å². The van der Waals surface area contributed by atoms with Crippen LogP contribution in [0.2, 0.25) is 0 Å². The fourth-order valence-corrected chi connectivity index (χ4v) is 13.6. The van der Waals surface area contributed by atoms with Gasteiger partial charge in [-0.1, -0.05) is 71.8 Å². The number of fused-ring (bicyclic) bond motifs is 10. The first-order valence-corrected chi connectivity index (χ1v) is 18.8. The second-order valence-corrected chi connectivity index (χ2v) is 18.6. The number of carbonyl (C=O) groups is 2. The van der Waals surface area contributed by atoms with Gasteiger partial charge in [-0.15, -0.1) is 0 Å². The number of hydrogen-bond acceptors (Lipinski definition) is 2. The molecule has 0 spiro atoms. The Morgan fingerprint density at radius 2 is 1.05 bits per heavy atom. The van der Waals surface area contributed by atoms with Crippen LogP contribution in [0.15, 0.2) is 23.3 Å². The Labute approximate surface area is 263 Å². The van der Waals surface area contributed by atoms with Crippen molar-refractivity contribution in [2.24, 2.45) is 74.9 Å². The molecule has 6 saturated carbocycles. The smallest absolute Gasteiger partial charge is 0.141 e. The maximum absolute atomic E-state index is 12.7. The fourth-order valence-electron chi connectivity index (χ4n) is 13.6. The summed E-state index contributed by atoms with van der Waals surface area (Å²) in [4.78, 5) is 25.1. The third-order valence-electron chi connectivity index (χ3n) is 16.4. The van der Waals surface area contributed by atoms with Crippen LogP contribution in [-0.4, -0.2) is 11.6 Å². The molecule has 0 aromatic rings. The number of allylic oxidation sites excluding steroid dienone is 4. The van der Waals surface area contributed by atoms with Crippen LogP contribution in [0, 0.1) is 74.9 Å². The van der Waals surface area contributed by atoms with Crippen LogP contribution < -0.4 is 0 Å². The lowest BCUT2D eigenvalue weighted by Gasteiger charge is -2.57. The van der Waals surface area contributed by atoms with E-state index in [4.69, 9.17) is 0 Å². The number of hydrogen-bond donors (Lipinski definition) is 0. The molecule has 0 N–H and O–H groups in total. The summed E-state index contributed by atoms with van der Waals surface area (Å²) in [6, 6.07) is 0. The van der Waals surface area contributed by atoms with Gasteiger partial charge in [0, 0.05) is 23.2 Å². The van der Waals surface area contributed by atoms with Gasteiger partial charge >= 0.3 is 0 Å². The number of ketones is 2. The molecule has 6 fully saturated rings. The van der Waals surface area contributed by atoms with Gasteiger partial charge in [0.2, 0.25) is 0 Å². The fraction of sp³-hybridized carbons (Fsp3) is 0.854. The molecule has 0 radical (unpaired) electrons. The molecular weight excluding hydrogens is 524 g/mol. The summed E-state index contributed by atoms with van der Waals surface area (Å²) in [5.74, 6) is 7.80. The molecule has 0 heterocycles. The predicted octanol–water partition coefficient (Wildman–Crippen LogP) is 10.6. The predicted molar refractivity (Wildman–Crippen MR) is 176 cm³/mol. The molecule has 0 saturated heterocycles. The summed E-state index contributed by atoms with van der Waals surface area (Å²) in [6.07, 6.45) is 24.0. The maximum Gasteiger partial charge on any atom is 0.141 e. The summed E-state index contributed by atoms with van der Waals surface area (Å²) in [5.41, 5.74) is 4.49. The number of rotatable bonds is 0. The summed E-state index contributed by atoms with van der Waals surface area (Å²) in [7, 11) is 0. The molecule has 0 bridgehead atoms. The quantitative estimate of drug-likeness (QED) is 0.265. The maximum atomic E-state index is 12.7. The van der Waals surface area contributed by atoms with E-state index in [1.807, 2.05) is 0 Å². The molecule has 8 aliphatic carbocycles. The topological polar surface area (TPSA) is 34.1 Å². The van der Waals surface area contributed by atoms with Crippen molar-refractivity contribution in [1.82, 2.24) is 0 Å². The van der Waals surface area contributed by atoms with Crippen molar-refractivity contribution >= 4 is 11.6 Å². The number of Topliss-reactive ketones (excluding diaryl/α,β-unsaturated/α-hetero) is 2. The molecular formula is C41H62O2. The Kier molecular flexibility index (Phi) is 7.38. The van der Waals surface area contributed by atoms with Crippen molar-refractivity contribution in [3.8, 4) is 0 Å². The molecule has 238 valence electrons. The average molecular weight is 587 g/mol. The standard InChI is InChI=1S/C21H32O.C20H30O/c1-13-7-9-20(3)15(11-13)5-6-16-17(20)8-10-21(4)18(16)12-14(2)19(21)22;1-13-8-10-19(2)14(12-13)4-5-15-16-6-7-18(21)20(16,3)11-9-17(15)19/h5,13-14,16-18H,6-12H2,1-4H3;4,13,15-17H,5-12H2,1-3H3/t13-,14+,16+,17-,18-,20-,21-;13-,15-,16-,17-,19-,20-/m00/s1. The van der Waals surface area contributed by atoms with E-state index in [0.29, 0.717) is 40.2 Å². The van der Waals surface area contributed by atoms with E-state index in [2.05, 4.69) is 60.6 Å². The molecule has 8 rings (SSSR count). The molecule has 0 aromatic heterocycles. The first-order valence-electron chi connectivity index (χ1n) is 18.8. The first-order chi connectivity index (χ1) is 20.3. The second kappa shape index (κ2) is 10.4. The molecule has 0 aromatic carbocycles. The molecule has 2 heteroatoms. The average Bonchev–Trinajstić information content (AvgIpc) is 3.41. The zero-order valence-electron chi connectivity index (χ0n) is 28.8.